The van der Waals surface area contributed by atoms with Gasteiger partial charge in [-0.2, -0.15) is 0 Å². The number of fused-ring (bicyclic) bond motifs is 1. The van der Waals surface area contributed by atoms with Crippen LogP contribution in [0.3, 0.4) is 0 Å². The first-order valence-corrected chi connectivity index (χ1v) is 7.36. The van der Waals surface area contributed by atoms with Crippen LogP contribution in [0.5, 0.6) is 5.75 Å². The standard InChI is InChI=1S/C19H20N2O/c1-12-7-8-17(13(2)9-12)21-11-15-10-14-5-3-4-6-16(14)18(20)19(15)22/h3-10,21-22H,11,20H2,1-2H3. The van der Waals surface area contributed by atoms with E-state index in [1.807, 2.05) is 30.3 Å². The van der Waals surface area contributed by atoms with Crippen LogP contribution < -0.4 is 11.1 Å². The summed E-state index contributed by atoms with van der Waals surface area (Å²) in [5.41, 5.74) is 10.8. The minimum absolute atomic E-state index is 0.163. The molecule has 0 saturated carbocycles. The molecule has 3 nitrogen and oxygen atoms in total. The summed E-state index contributed by atoms with van der Waals surface area (Å²) in [5, 5.41) is 15.6. The van der Waals surface area contributed by atoms with Crippen molar-refractivity contribution in [2.45, 2.75) is 20.4 Å². The number of phenolic OH excluding ortho intramolecular Hbond substituents is 1. The molecule has 112 valence electrons. The Morgan fingerprint density at radius 3 is 2.59 bits per heavy atom. The molecule has 0 amide bonds. The summed E-state index contributed by atoms with van der Waals surface area (Å²) < 4.78 is 0. The predicted octanol–water partition coefficient (Wildman–Crippen LogP) is 4.36. The maximum atomic E-state index is 10.3. The molecule has 0 saturated heterocycles. The lowest BCUT2D eigenvalue weighted by Crippen LogP contribution is -2.03. The number of phenols is 1. The topological polar surface area (TPSA) is 58.3 Å². The van der Waals surface area contributed by atoms with Gasteiger partial charge < -0.3 is 16.2 Å². The lowest BCUT2D eigenvalue weighted by molar-refractivity contribution is 0.472. The maximum absolute atomic E-state index is 10.3. The van der Waals surface area contributed by atoms with Crippen molar-refractivity contribution in [3.8, 4) is 5.75 Å². The van der Waals surface area contributed by atoms with Gasteiger partial charge in [-0.3, -0.25) is 0 Å². The highest BCUT2D eigenvalue weighted by molar-refractivity contribution is 5.96. The fourth-order valence-electron chi connectivity index (χ4n) is 2.76. The highest BCUT2D eigenvalue weighted by Crippen LogP contribution is 2.34. The first-order valence-electron chi connectivity index (χ1n) is 7.36. The molecule has 0 spiro atoms. The van der Waals surface area contributed by atoms with Crippen molar-refractivity contribution in [2.75, 3.05) is 11.1 Å². The average molecular weight is 292 g/mol. The first-order chi connectivity index (χ1) is 10.6. The molecule has 0 unspecified atom stereocenters. The summed E-state index contributed by atoms with van der Waals surface area (Å²) >= 11 is 0. The molecule has 0 aliphatic rings. The normalized spacial score (nSPS) is 10.8. The highest BCUT2D eigenvalue weighted by atomic mass is 16.3. The van der Waals surface area contributed by atoms with E-state index in [0.29, 0.717) is 12.2 Å². The molecule has 22 heavy (non-hydrogen) atoms. The van der Waals surface area contributed by atoms with Crippen LogP contribution in [0, 0.1) is 13.8 Å². The third-order valence-corrected chi connectivity index (χ3v) is 3.99. The van der Waals surface area contributed by atoms with Gasteiger partial charge in [-0.25, -0.2) is 0 Å². The summed E-state index contributed by atoms with van der Waals surface area (Å²) in [7, 11) is 0. The van der Waals surface area contributed by atoms with Crippen molar-refractivity contribution in [3.05, 3.63) is 65.2 Å². The zero-order valence-corrected chi connectivity index (χ0v) is 12.9. The second kappa shape index (κ2) is 5.60. The Balaban J connectivity index is 1.92. The smallest absolute Gasteiger partial charge is 0.144 e. The van der Waals surface area contributed by atoms with Crippen LogP contribution in [-0.4, -0.2) is 5.11 Å². The van der Waals surface area contributed by atoms with Crippen LogP contribution in [0.25, 0.3) is 10.8 Å². The van der Waals surface area contributed by atoms with Crippen LogP contribution in [0.2, 0.25) is 0 Å². The van der Waals surface area contributed by atoms with Gasteiger partial charge in [0, 0.05) is 23.2 Å². The number of benzene rings is 3. The van der Waals surface area contributed by atoms with Gasteiger partial charge >= 0.3 is 0 Å². The van der Waals surface area contributed by atoms with Crippen LogP contribution in [0.1, 0.15) is 16.7 Å². The summed E-state index contributed by atoms with van der Waals surface area (Å²) in [6.07, 6.45) is 0. The van der Waals surface area contributed by atoms with E-state index in [9.17, 15) is 5.11 Å². The maximum Gasteiger partial charge on any atom is 0.144 e. The number of nitrogens with one attached hydrogen (secondary N) is 1. The Labute approximate surface area is 130 Å². The molecule has 3 aromatic rings. The SMILES string of the molecule is Cc1ccc(NCc2cc3ccccc3c(N)c2O)c(C)c1. The van der Waals surface area contributed by atoms with Crippen molar-refractivity contribution >= 4 is 22.1 Å². The number of aryl methyl sites for hydroxylation is 2. The van der Waals surface area contributed by atoms with E-state index >= 15 is 0 Å². The van der Waals surface area contributed by atoms with Crippen molar-refractivity contribution in [2.24, 2.45) is 0 Å². The summed E-state index contributed by atoms with van der Waals surface area (Å²) in [6, 6.07) is 16.1. The van der Waals surface area contributed by atoms with E-state index in [2.05, 4.69) is 37.4 Å². The molecular weight excluding hydrogens is 272 g/mol. The van der Waals surface area contributed by atoms with Crippen LogP contribution in [0.15, 0.2) is 48.5 Å². The largest absolute Gasteiger partial charge is 0.505 e. The van der Waals surface area contributed by atoms with Crippen LogP contribution in [0.4, 0.5) is 11.4 Å². The third kappa shape index (κ3) is 2.58. The lowest BCUT2D eigenvalue weighted by Gasteiger charge is -2.14. The zero-order valence-electron chi connectivity index (χ0n) is 12.9. The number of anilines is 2. The minimum atomic E-state index is 0.163. The summed E-state index contributed by atoms with van der Waals surface area (Å²) in [6.45, 7) is 4.68. The second-order valence-corrected chi connectivity index (χ2v) is 5.69. The van der Waals surface area contributed by atoms with E-state index < -0.39 is 0 Å². The molecule has 3 heteroatoms. The number of rotatable bonds is 3. The Hall–Kier alpha value is -2.68. The average Bonchev–Trinajstić information content (AvgIpc) is 2.51. The monoisotopic (exact) mass is 292 g/mol. The summed E-state index contributed by atoms with van der Waals surface area (Å²) in [5.74, 6) is 0.163. The van der Waals surface area contributed by atoms with Gasteiger partial charge in [0.2, 0.25) is 0 Å². The van der Waals surface area contributed by atoms with E-state index in [0.717, 1.165) is 22.0 Å². The molecule has 4 N–H and O–H groups in total. The number of nitrogen functional groups attached to an aromatic ring is 1. The molecule has 3 aromatic carbocycles. The van der Waals surface area contributed by atoms with E-state index in [4.69, 9.17) is 5.73 Å². The van der Waals surface area contributed by atoms with E-state index in [1.54, 1.807) is 0 Å². The molecule has 0 aliphatic carbocycles. The lowest BCUT2D eigenvalue weighted by atomic mass is 10.0. The molecule has 0 atom stereocenters. The highest BCUT2D eigenvalue weighted by Gasteiger charge is 2.10. The number of aromatic hydroxyl groups is 1. The fraction of sp³-hybridized carbons (Fsp3) is 0.158. The van der Waals surface area contributed by atoms with Crippen molar-refractivity contribution in [1.29, 1.82) is 0 Å². The van der Waals surface area contributed by atoms with Crippen molar-refractivity contribution in [3.63, 3.8) is 0 Å². The third-order valence-electron chi connectivity index (χ3n) is 3.99. The van der Waals surface area contributed by atoms with Gasteiger partial charge in [0.15, 0.2) is 0 Å². The number of hydrogen-bond donors (Lipinski definition) is 3. The molecule has 0 radical (unpaired) electrons. The van der Waals surface area contributed by atoms with E-state index in [1.165, 1.54) is 11.1 Å². The molecular formula is C19H20N2O. The van der Waals surface area contributed by atoms with Crippen LogP contribution >= 0.6 is 0 Å². The van der Waals surface area contributed by atoms with Gasteiger partial charge in [0.25, 0.3) is 0 Å². The second-order valence-electron chi connectivity index (χ2n) is 5.69. The van der Waals surface area contributed by atoms with Crippen molar-refractivity contribution in [1.82, 2.24) is 0 Å². The summed E-state index contributed by atoms with van der Waals surface area (Å²) in [4.78, 5) is 0. The number of hydrogen-bond acceptors (Lipinski definition) is 3. The van der Waals surface area contributed by atoms with Gasteiger partial charge in [-0.1, -0.05) is 42.0 Å². The Morgan fingerprint density at radius 2 is 1.82 bits per heavy atom. The Bertz CT molecular complexity index is 840. The van der Waals surface area contributed by atoms with Crippen molar-refractivity contribution < 1.29 is 5.11 Å². The van der Waals surface area contributed by atoms with E-state index in [-0.39, 0.29) is 5.75 Å². The Kier molecular flexibility index (Phi) is 3.63. The predicted molar refractivity (Wildman–Crippen MR) is 93.3 cm³/mol. The van der Waals surface area contributed by atoms with Gasteiger partial charge in [0.1, 0.15) is 5.75 Å². The van der Waals surface area contributed by atoms with Crippen LogP contribution in [-0.2, 0) is 6.54 Å². The Morgan fingerprint density at radius 1 is 1.05 bits per heavy atom. The quantitative estimate of drug-likeness (QED) is 0.496. The molecule has 0 fully saturated rings. The van der Waals surface area contributed by atoms with Gasteiger partial charge in [-0.05, 0) is 36.9 Å². The van der Waals surface area contributed by atoms with Gasteiger partial charge in [0.05, 0.1) is 5.69 Å². The molecule has 0 bridgehead atoms. The fourth-order valence-corrected chi connectivity index (χ4v) is 2.76. The minimum Gasteiger partial charge on any atom is -0.505 e. The number of nitrogens with two attached hydrogens (primary N) is 1. The zero-order chi connectivity index (χ0) is 15.7. The molecule has 3 rings (SSSR count). The molecule has 0 heterocycles. The van der Waals surface area contributed by atoms with Gasteiger partial charge in [-0.15, -0.1) is 0 Å². The first kappa shape index (κ1) is 14.3. The molecule has 0 aliphatic heterocycles. The molecule has 0 aromatic heterocycles.